The summed E-state index contributed by atoms with van der Waals surface area (Å²) in [4.78, 5) is 11.5. The third kappa shape index (κ3) is 3.12. The van der Waals surface area contributed by atoms with E-state index in [1.807, 2.05) is 6.92 Å². The van der Waals surface area contributed by atoms with Gasteiger partial charge in [-0.05, 0) is 19.0 Å². The Balaban J connectivity index is 2.25. The Morgan fingerprint density at radius 1 is 1.77 bits per heavy atom. The Morgan fingerprint density at radius 2 is 2.38 bits per heavy atom. The molecule has 0 aromatic rings. The maximum Gasteiger partial charge on any atom is 0.223 e. The van der Waals surface area contributed by atoms with Crippen LogP contribution in [0.1, 0.15) is 6.92 Å². The molecule has 1 saturated heterocycles. The zero-order valence-corrected chi connectivity index (χ0v) is 9.36. The van der Waals surface area contributed by atoms with Crippen molar-refractivity contribution in [2.45, 2.75) is 6.92 Å². The summed E-state index contributed by atoms with van der Waals surface area (Å²) in [7, 11) is 0. The van der Waals surface area contributed by atoms with Crippen LogP contribution in [0.3, 0.4) is 0 Å². The van der Waals surface area contributed by atoms with Crippen LogP contribution in [-0.2, 0) is 4.79 Å². The maximum atomic E-state index is 11.5. The zero-order chi connectivity index (χ0) is 9.84. The molecule has 1 fully saturated rings. The Bertz CT molecular complexity index is 214. The SMILES string of the molecule is C=C(Br)CNC(=O)C(C)C1CNC1. The first-order valence-corrected chi connectivity index (χ1v) is 5.22. The summed E-state index contributed by atoms with van der Waals surface area (Å²) in [5, 5.41) is 5.97. The smallest absolute Gasteiger partial charge is 0.223 e. The predicted molar refractivity (Wildman–Crippen MR) is 56.6 cm³/mol. The van der Waals surface area contributed by atoms with Crippen molar-refractivity contribution in [2.75, 3.05) is 19.6 Å². The Labute approximate surface area is 87.1 Å². The van der Waals surface area contributed by atoms with Gasteiger partial charge in [0.05, 0.1) is 0 Å². The van der Waals surface area contributed by atoms with E-state index in [9.17, 15) is 4.79 Å². The van der Waals surface area contributed by atoms with Crippen molar-refractivity contribution < 1.29 is 4.79 Å². The Morgan fingerprint density at radius 3 is 2.77 bits per heavy atom. The van der Waals surface area contributed by atoms with E-state index in [4.69, 9.17) is 0 Å². The molecular weight excluding hydrogens is 232 g/mol. The lowest BCUT2D eigenvalue weighted by Gasteiger charge is -2.31. The van der Waals surface area contributed by atoms with E-state index in [0.717, 1.165) is 17.6 Å². The maximum absolute atomic E-state index is 11.5. The molecule has 1 unspecified atom stereocenters. The van der Waals surface area contributed by atoms with Crippen molar-refractivity contribution >= 4 is 21.8 Å². The normalized spacial score (nSPS) is 18.9. The van der Waals surface area contributed by atoms with Crippen molar-refractivity contribution in [1.82, 2.24) is 10.6 Å². The topological polar surface area (TPSA) is 41.1 Å². The number of hydrogen-bond acceptors (Lipinski definition) is 2. The van der Waals surface area contributed by atoms with Crippen LogP contribution >= 0.6 is 15.9 Å². The zero-order valence-electron chi connectivity index (χ0n) is 7.77. The number of amides is 1. The molecular formula is C9H15BrN2O. The van der Waals surface area contributed by atoms with Gasteiger partial charge < -0.3 is 10.6 Å². The second kappa shape index (κ2) is 4.77. The highest BCUT2D eigenvalue weighted by Crippen LogP contribution is 2.15. The summed E-state index contributed by atoms with van der Waals surface area (Å²) in [6.45, 7) is 8.07. The van der Waals surface area contributed by atoms with Gasteiger partial charge in [-0.15, -0.1) is 0 Å². The van der Waals surface area contributed by atoms with Crippen LogP contribution in [0.15, 0.2) is 11.1 Å². The molecule has 0 aromatic heterocycles. The molecule has 1 atom stereocenters. The highest BCUT2D eigenvalue weighted by Gasteiger charge is 2.28. The molecule has 1 heterocycles. The number of carbonyl (C=O) groups is 1. The van der Waals surface area contributed by atoms with Crippen molar-refractivity contribution in [3.63, 3.8) is 0 Å². The number of nitrogens with one attached hydrogen (secondary N) is 2. The molecule has 1 amide bonds. The number of rotatable bonds is 4. The van der Waals surface area contributed by atoms with Gasteiger partial charge in [-0.3, -0.25) is 4.79 Å². The van der Waals surface area contributed by atoms with Gasteiger partial charge >= 0.3 is 0 Å². The fourth-order valence-electron chi connectivity index (χ4n) is 1.22. The summed E-state index contributed by atoms with van der Waals surface area (Å²) in [6.07, 6.45) is 0. The van der Waals surface area contributed by atoms with Gasteiger partial charge in [-0.25, -0.2) is 0 Å². The standard InChI is InChI=1S/C9H15BrN2O/c1-6(10)3-12-9(13)7(2)8-4-11-5-8/h7-8,11H,1,3-5H2,2H3,(H,12,13). The van der Waals surface area contributed by atoms with Gasteiger partial charge in [0.2, 0.25) is 5.91 Å². The number of halogens is 1. The largest absolute Gasteiger partial charge is 0.351 e. The predicted octanol–water partition coefficient (Wildman–Crippen LogP) is 0.867. The molecule has 74 valence electrons. The van der Waals surface area contributed by atoms with E-state index in [1.165, 1.54) is 0 Å². The average Bonchev–Trinajstić information content (AvgIpc) is 1.96. The van der Waals surface area contributed by atoms with E-state index >= 15 is 0 Å². The van der Waals surface area contributed by atoms with Gasteiger partial charge in [0.1, 0.15) is 0 Å². The first-order chi connectivity index (χ1) is 6.11. The molecule has 2 N–H and O–H groups in total. The molecule has 0 saturated carbocycles. The summed E-state index contributed by atoms with van der Waals surface area (Å²) in [6, 6.07) is 0. The van der Waals surface area contributed by atoms with Gasteiger partial charge in [-0.1, -0.05) is 29.4 Å². The molecule has 0 spiro atoms. The monoisotopic (exact) mass is 246 g/mol. The highest BCUT2D eigenvalue weighted by molar-refractivity contribution is 9.11. The van der Waals surface area contributed by atoms with Gasteiger partial charge in [-0.2, -0.15) is 0 Å². The van der Waals surface area contributed by atoms with E-state index in [2.05, 4.69) is 33.1 Å². The Kier molecular flexibility index (Phi) is 3.93. The third-order valence-corrected chi connectivity index (χ3v) is 2.67. The van der Waals surface area contributed by atoms with Gasteiger partial charge in [0.25, 0.3) is 0 Å². The van der Waals surface area contributed by atoms with Crippen LogP contribution in [0, 0.1) is 11.8 Å². The second-order valence-corrected chi connectivity index (χ2v) is 4.56. The van der Waals surface area contributed by atoms with Gasteiger partial charge in [0.15, 0.2) is 0 Å². The lowest BCUT2D eigenvalue weighted by Crippen LogP contribution is -2.49. The minimum Gasteiger partial charge on any atom is -0.351 e. The average molecular weight is 247 g/mol. The summed E-state index contributed by atoms with van der Waals surface area (Å²) >= 11 is 3.20. The van der Waals surface area contributed by atoms with Crippen molar-refractivity contribution in [3.05, 3.63) is 11.1 Å². The number of hydrogen-bond donors (Lipinski definition) is 2. The fraction of sp³-hybridized carbons (Fsp3) is 0.667. The molecule has 1 aliphatic heterocycles. The minimum atomic E-state index is 0.105. The van der Waals surface area contributed by atoms with E-state index in [-0.39, 0.29) is 11.8 Å². The van der Waals surface area contributed by atoms with Crippen molar-refractivity contribution in [3.8, 4) is 0 Å². The Hall–Kier alpha value is -0.350. The quantitative estimate of drug-likeness (QED) is 0.773. The van der Waals surface area contributed by atoms with Crippen molar-refractivity contribution in [1.29, 1.82) is 0 Å². The van der Waals surface area contributed by atoms with Crippen LogP contribution in [0.25, 0.3) is 0 Å². The van der Waals surface area contributed by atoms with E-state index in [0.29, 0.717) is 12.5 Å². The van der Waals surface area contributed by atoms with E-state index in [1.54, 1.807) is 0 Å². The van der Waals surface area contributed by atoms with Crippen LogP contribution in [-0.4, -0.2) is 25.5 Å². The highest BCUT2D eigenvalue weighted by atomic mass is 79.9. The van der Waals surface area contributed by atoms with Crippen molar-refractivity contribution in [2.24, 2.45) is 11.8 Å². The second-order valence-electron chi connectivity index (χ2n) is 3.44. The summed E-state index contributed by atoms with van der Waals surface area (Å²) in [5.74, 6) is 0.726. The molecule has 0 radical (unpaired) electrons. The van der Waals surface area contributed by atoms with E-state index < -0.39 is 0 Å². The molecule has 4 heteroatoms. The summed E-state index contributed by atoms with van der Waals surface area (Å²) < 4.78 is 0.805. The molecule has 3 nitrogen and oxygen atoms in total. The summed E-state index contributed by atoms with van der Waals surface area (Å²) in [5.41, 5.74) is 0. The molecule has 1 aliphatic rings. The number of carbonyl (C=O) groups excluding carboxylic acids is 1. The first-order valence-electron chi connectivity index (χ1n) is 4.43. The molecule has 1 rings (SSSR count). The molecule has 0 aromatic carbocycles. The van der Waals surface area contributed by atoms with Crippen LogP contribution < -0.4 is 10.6 Å². The van der Waals surface area contributed by atoms with Crippen LogP contribution in [0.5, 0.6) is 0 Å². The third-order valence-electron chi connectivity index (χ3n) is 2.39. The minimum absolute atomic E-state index is 0.105. The molecule has 13 heavy (non-hydrogen) atoms. The first kappa shape index (κ1) is 10.7. The fourth-order valence-corrected chi connectivity index (χ4v) is 1.36. The lowest BCUT2D eigenvalue weighted by molar-refractivity contribution is -0.126. The molecule has 0 bridgehead atoms. The lowest BCUT2D eigenvalue weighted by atomic mass is 9.88. The molecule has 0 aliphatic carbocycles. The van der Waals surface area contributed by atoms with Crippen LogP contribution in [0.4, 0.5) is 0 Å². The van der Waals surface area contributed by atoms with Crippen LogP contribution in [0.2, 0.25) is 0 Å². The van der Waals surface area contributed by atoms with Gasteiger partial charge in [0, 0.05) is 16.9 Å².